The van der Waals surface area contributed by atoms with E-state index in [1.807, 2.05) is 6.20 Å². The number of unbranched alkanes of at least 4 members (excludes halogenated alkanes) is 5. The van der Waals surface area contributed by atoms with Crippen LogP contribution in [-0.4, -0.2) is 4.98 Å². The van der Waals surface area contributed by atoms with Crippen molar-refractivity contribution in [1.29, 1.82) is 0 Å². The quantitative estimate of drug-likeness (QED) is 0.234. The molecule has 0 amide bonds. The molecule has 0 unspecified atom stereocenters. The van der Waals surface area contributed by atoms with Crippen molar-refractivity contribution in [2.45, 2.75) is 51.9 Å². The molecular formula is C27H30N2. The minimum absolute atomic E-state index is 0.925. The molecule has 2 nitrogen and oxygen atoms in total. The van der Waals surface area contributed by atoms with Gasteiger partial charge in [-0.15, -0.1) is 0 Å². The average Bonchev–Trinajstić information content (AvgIpc) is 2.75. The van der Waals surface area contributed by atoms with Gasteiger partial charge in [-0.2, -0.15) is 0 Å². The van der Waals surface area contributed by atoms with Gasteiger partial charge in [-0.3, -0.25) is 0 Å². The number of aromatic nitrogens is 1. The van der Waals surface area contributed by atoms with Gasteiger partial charge < -0.3 is 5.32 Å². The molecule has 0 radical (unpaired) electrons. The van der Waals surface area contributed by atoms with Gasteiger partial charge in [0, 0.05) is 11.9 Å². The highest BCUT2D eigenvalue weighted by atomic mass is 15.0. The first-order valence-electron chi connectivity index (χ1n) is 11.0. The molecule has 0 bridgehead atoms. The standard InChI is InChI=1S/C27H30N2/c1-2-3-4-5-6-7-10-21-15-16-28-27(17-21)29-26-14-13-24-18-22-11-8-9-12-23(22)19-25(24)20-26/h8-9,11-20H,2-7,10H2,1H3,(H,28,29). The third kappa shape index (κ3) is 5.14. The smallest absolute Gasteiger partial charge is 0.130 e. The molecule has 0 aliphatic rings. The molecular weight excluding hydrogens is 352 g/mol. The lowest BCUT2D eigenvalue weighted by atomic mass is 10.0. The highest BCUT2D eigenvalue weighted by molar-refractivity contribution is 5.99. The number of hydrogen-bond acceptors (Lipinski definition) is 2. The zero-order valence-corrected chi connectivity index (χ0v) is 17.3. The SMILES string of the molecule is CCCCCCCCc1ccnc(Nc2ccc3cc4ccccc4cc3c2)c1. The van der Waals surface area contributed by atoms with Crippen molar-refractivity contribution in [3.63, 3.8) is 0 Å². The van der Waals surface area contributed by atoms with E-state index in [2.05, 4.69) is 84.0 Å². The van der Waals surface area contributed by atoms with E-state index in [1.54, 1.807) is 0 Å². The second kappa shape index (κ2) is 9.56. The molecule has 0 fully saturated rings. The van der Waals surface area contributed by atoms with Crippen LogP contribution in [0.5, 0.6) is 0 Å². The molecule has 1 heterocycles. The van der Waals surface area contributed by atoms with E-state index in [0.29, 0.717) is 0 Å². The molecule has 3 aromatic carbocycles. The third-order valence-corrected chi connectivity index (χ3v) is 5.62. The van der Waals surface area contributed by atoms with E-state index in [4.69, 9.17) is 0 Å². The first-order valence-corrected chi connectivity index (χ1v) is 11.0. The Kier molecular flexibility index (Phi) is 6.41. The molecule has 0 aliphatic carbocycles. The van der Waals surface area contributed by atoms with Gasteiger partial charge in [-0.05, 0) is 76.3 Å². The van der Waals surface area contributed by atoms with Crippen LogP contribution < -0.4 is 5.32 Å². The van der Waals surface area contributed by atoms with E-state index >= 15 is 0 Å². The van der Waals surface area contributed by atoms with Crippen LogP contribution >= 0.6 is 0 Å². The minimum Gasteiger partial charge on any atom is -0.340 e. The molecule has 148 valence electrons. The summed E-state index contributed by atoms with van der Waals surface area (Å²) in [6.45, 7) is 2.27. The Morgan fingerprint density at radius 3 is 2.24 bits per heavy atom. The van der Waals surface area contributed by atoms with E-state index in [9.17, 15) is 0 Å². The summed E-state index contributed by atoms with van der Waals surface area (Å²) in [5, 5.41) is 8.56. The number of nitrogens with one attached hydrogen (secondary N) is 1. The van der Waals surface area contributed by atoms with E-state index < -0.39 is 0 Å². The molecule has 0 saturated carbocycles. The summed E-state index contributed by atoms with van der Waals surface area (Å²) in [5.41, 5.74) is 2.45. The normalized spacial score (nSPS) is 11.2. The molecule has 0 atom stereocenters. The third-order valence-electron chi connectivity index (χ3n) is 5.62. The van der Waals surface area contributed by atoms with Crippen molar-refractivity contribution >= 4 is 33.1 Å². The van der Waals surface area contributed by atoms with Crippen molar-refractivity contribution < 1.29 is 0 Å². The lowest BCUT2D eigenvalue weighted by Crippen LogP contribution is -1.95. The zero-order chi connectivity index (χ0) is 19.9. The number of aryl methyl sites for hydroxylation is 1. The van der Waals surface area contributed by atoms with Crippen LogP contribution in [0.15, 0.2) is 72.9 Å². The molecule has 0 spiro atoms. The molecule has 0 saturated heterocycles. The molecule has 1 aromatic heterocycles. The number of fused-ring (bicyclic) bond motifs is 2. The zero-order valence-electron chi connectivity index (χ0n) is 17.3. The van der Waals surface area contributed by atoms with Crippen LogP contribution in [0.25, 0.3) is 21.5 Å². The Balaban J connectivity index is 1.43. The number of pyridine rings is 1. The summed E-state index contributed by atoms with van der Waals surface area (Å²) in [6.07, 6.45) is 11.0. The highest BCUT2D eigenvalue weighted by Gasteiger charge is 2.02. The van der Waals surface area contributed by atoms with Gasteiger partial charge in [-0.25, -0.2) is 4.98 Å². The summed E-state index contributed by atoms with van der Waals surface area (Å²) in [4.78, 5) is 4.52. The molecule has 2 heteroatoms. The Hall–Kier alpha value is -2.87. The maximum atomic E-state index is 4.52. The fraction of sp³-hybridized carbons (Fsp3) is 0.296. The summed E-state index contributed by atoms with van der Waals surface area (Å²) < 4.78 is 0. The molecule has 29 heavy (non-hydrogen) atoms. The summed E-state index contributed by atoms with van der Waals surface area (Å²) >= 11 is 0. The number of rotatable bonds is 9. The number of benzene rings is 3. The van der Waals surface area contributed by atoms with Crippen LogP contribution in [0.1, 0.15) is 51.0 Å². The van der Waals surface area contributed by atoms with Crippen LogP contribution in [-0.2, 0) is 6.42 Å². The Morgan fingerprint density at radius 2 is 1.41 bits per heavy atom. The maximum absolute atomic E-state index is 4.52. The first-order chi connectivity index (χ1) is 14.3. The number of anilines is 2. The lowest BCUT2D eigenvalue weighted by molar-refractivity contribution is 0.607. The van der Waals surface area contributed by atoms with Gasteiger partial charge >= 0.3 is 0 Å². The van der Waals surface area contributed by atoms with Crippen molar-refractivity contribution in [1.82, 2.24) is 4.98 Å². The Morgan fingerprint density at radius 1 is 0.690 bits per heavy atom. The Bertz CT molecular complexity index is 1080. The van der Waals surface area contributed by atoms with Crippen molar-refractivity contribution in [3.8, 4) is 0 Å². The van der Waals surface area contributed by atoms with Gasteiger partial charge in [0.15, 0.2) is 0 Å². The molecule has 4 aromatic rings. The topological polar surface area (TPSA) is 24.9 Å². The number of hydrogen-bond donors (Lipinski definition) is 1. The predicted molar refractivity (Wildman–Crippen MR) is 126 cm³/mol. The van der Waals surface area contributed by atoms with Crippen LogP contribution in [0.3, 0.4) is 0 Å². The van der Waals surface area contributed by atoms with Gasteiger partial charge in [0.25, 0.3) is 0 Å². The fourth-order valence-corrected chi connectivity index (χ4v) is 3.97. The van der Waals surface area contributed by atoms with Crippen LogP contribution in [0.4, 0.5) is 11.5 Å². The first kappa shape index (κ1) is 19.4. The van der Waals surface area contributed by atoms with E-state index in [0.717, 1.165) is 17.9 Å². The van der Waals surface area contributed by atoms with E-state index in [1.165, 1.54) is 65.6 Å². The predicted octanol–water partition coefficient (Wildman–Crippen LogP) is 8.03. The molecule has 4 rings (SSSR count). The summed E-state index contributed by atoms with van der Waals surface area (Å²) in [5.74, 6) is 0.925. The van der Waals surface area contributed by atoms with Gasteiger partial charge in [0.2, 0.25) is 0 Å². The molecule has 0 aliphatic heterocycles. The monoisotopic (exact) mass is 382 g/mol. The summed E-state index contributed by atoms with van der Waals surface area (Å²) in [6, 6.07) is 23.9. The van der Waals surface area contributed by atoms with Gasteiger partial charge in [0.1, 0.15) is 5.82 Å². The Labute approximate surface area is 174 Å². The van der Waals surface area contributed by atoms with Gasteiger partial charge in [0.05, 0.1) is 0 Å². The van der Waals surface area contributed by atoms with Crippen molar-refractivity contribution in [2.75, 3.05) is 5.32 Å². The second-order valence-corrected chi connectivity index (χ2v) is 7.95. The van der Waals surface area contributed by atoms with Crippen LogP contribution in [0, 0.1) is 0 Å². The lowest BCUT2D eigenvalue weighted by Gasteiger charge is -2.09. The second-order valence-electron chi connectivity index (χ2n) is 7.95. The number of nitrogens with zero attached hydrogens (tertiary/aromatic N) is 1. The maximum Gasteiger partial charge on any atom is 0.130 e. The summed E-state index contributed by atoms with van der Waals surface area (Å²) in [7, 11) is 0. The largest absolute Gasteiger partial charge is 0.340 e. The van der Waals surface area contributed by atoms with Crippen LogP contribution in [0.2, 0.25) is 0 Å². The average molecular weight is 383 g/mol. The van der Waals surface area contributed by atoms with Crippen molar-refractivity contribution in [3.05, 3.63) is 78.5 Å². The molecule has 1 N–H and O–H groups in total. The highest BCUT2D eigenvalue weighted by Crippen LogP contribution is 2.26. The van der Waals surface area contributed by atoms with Crippen molar-refractivity contribution in [2.24, 2.45) is 0 Å². The fourth-order valence-electron chi connectivity index (χ4n) is 3.97. The van der Waals surface area contributed by atoms with Gasteiger partial charge in [-0.1, -0.05) is 69.4 Å². The minimum atomic E-state index is 0.925. The van der Waals surface area contributed by atoms with E-state index in [-0.39, 0.29) is 0 Å².